The van der Waals surface area contributed by atoms with Crippen molar-refractivity contribution in [2.45, 2.75) is 51.9 Å². The summed E-state index contributed by atoms with van der Waals surface area (Å²) >= 11 is 0. The Kier molecular flexibility index (Phi) is 4.33. The first-order valence-corrected chi connectivity index (χ1v) is 5.08. The Hall–Kier alpha value is -0.260. The Labute approximate surface area is 70.7 Å². The second kappa shape index (κ2) is 5.40. The minimum Gasteiger partial charge on any atom is -0.0885 e. The van der Waals surface area contributed by atoms with E-state index in [1.165, 1.54) is 44.9 Å². The van der Waals surface area contributed by atoms with Crippen LogP contribution >= 0.6 is 0 Å². The molecule has 11 heavy (non-hydrogen) atoms. The highest BCUT2D eigenvalue weighted by molar-refractivity contribution is 4.83. The largest absolute Gasteiger partial charge is 0.0885 e. The van der Waals surface area contributed by atoms with Crippen LogP contribution in [0.2, 0.25) is 0 Å². The fourth-order valence-corrected chi connectivity index (χ4v) is 1.82. The molecule has 1 aliphatic rings. The molecule has 0 aromatic carbocycles. The third kappa shape index (κ3) is 3.60. The Morgan fingerprint density at radius 2 is 1.91 bits per heavy atom. The lowest BCUT2D eigenvalue weighted by Crippen LogP contribution is -1.97. The molecule has 0 heterocycles. The summed E-state index contributed by atoms with van der Waals surface area (Å²) in [5.74, 6) is 1.01. The predicted molar refractivity (Wildman–Crippen MR) is 50.6 cm³/mol. The van der Waals surface area contributed by atoms with Gasteiger partial charge in [0.1, 0.15) is 0 Å². The van der Waals surface area contributed by atoms with Crippen molar-refractivity contribution in [1.82, 2.24) is 0 Å². The first kappa shape index (κ1) is 8.83. The second-order valence-electron chi connectivity index (χ2n) is 3.61. The number of rotatable bonds is 1. The maximum Gasteiger partial charge on any atom is -0.0348 e. The molecule has 0 nitrogen and oxygen atoms in total. The molecule has 1 atom stereocenters. The van der Waals surface area contributed by atoms with Crippen LogP contribution in [0.4, 0.5) is 0 Å². The minimum atomic E-state index is 1.01. The van der Waals surface area contributed by atoms with Gasteiger partial charge in [-0.3, -0.25) is 0 Å². The Morgan fingerprint density at radius 3 is 2.73 bits per heavy atom. The lowest BCUT2D eigenvalue weighted by Gasteiger charge is -2.11. The number of hydrogen-bond acceptors (Lipinski definition) is 0. The average molecular weight is 152 g/mol. The van der Waals surface area contributed by atoms with Crippen molar-refractivity contribution in [2.24, 2.45) is 5.92 Å². The van der Waals surface area contributed by atoms with E-state index in [-0.39, 0.29) is 0 Å². The molecule has 0 amide bonds. The lowest BCUT2D eigenvalue weighted by atomic mass is 9.95. The van der Waals surface area contributed by atoms with Gasteiger partial charge in [0.05, 0.1) is 0 Å². The van der Waals surface area contributed by atoms with E-state index in [1.807, 2.05) is 0 Å². The molecule has 0 fully saturated rings. The van der Waals surface area contributed by atoms with E-state index in [0.717, 1.165) is 5.92 Å². The fourth-order valence-electron chi connectivity index (χ4n) is 1.82. The molecule has 0 radical (unpaired) electrons. The van der Waals surface area contributed by atoms with E-state index in [2.05, 4.69) is 19.1 Å². The Morgan fingerprint density at radius 1 is 1.09 bits per heavy atom. The summed E-state index contributed by atoms with van der Waals surface area (Å²) in [5.41, 5.74) is 0. The highest BCUT2D eigenvalue weighted by Crippen LogP contribution is 2.20. The van der Waals surface area contributed by atoms with Gasteiger partial charge in [-0.1, -0.05) is 38.3 Å². The van der Waals surface area contributed by atoms with Crippen molar-refractivity contribution >= 4 is 0 Å². The molecule has 0 aromatic rings. The molecule has 0 saturated heterocycles. The molecule has 0 spiro atoms. The normalized spacial score (nSPS) is 27.2. The summed E-state index contributed by atoms with van der Waals surface area (Å²) in [6, 6.07) is 0. The van der Waals surface area contributed by atoms with Crippen LogP contribution in [0.1, 0.15) is 51.9 Å². The molecule has 1 rings (SSSR count). The second-order valence-corrected chi connectivity index (χ2v) is 3.61. The Bertz CT molecular complexity index is 113. The summed E-state index contributed by atoms with van der Waals surface area (Å²) in [6.07, 6.45) is 14.5. The monoisotopic (exact) mass is 152 g/mol. The van der Waals surface area contributed by atoms with E-state index in [9.17, 15) is 0 Å². The van der Waals surface area contributed by atoms with Gasteiger partial charge in [-0.05, 0) is 31.6 Å². The van der Waals surface area contributed by atoms with Gasteiger partial charge in [0, 0.05) is 0 Å². The molecular weight excluding hydrogens is 132 g/mol. The lowest BCUT2D eigenvalue weighted by molar-refractivity contribution is 0.425. The fraction of sp³-hybridized carbons (Fsp3) is 0.818. The topological polar surface area (TPSA) is 0 Å². The van der Waals surface area contributed by atoms with Crippen molar-refractivity contribution in [3.63, 3.8) is 0 Å². The quantitative estimate of drug-likeness (QED) is 0.499. The van der Waals surface area contributed by atoms with Gasteiger partial charge in [0.2, 0.25) is 0 Å². The van der Waals surface area contributed by atoms with Crippen LogP contribution in [-0.4, -0.2) is 0 Å². The van der Waals surface area contributed by atoms with Crippen molar-refractivity contribution < 1.29 is 0 Å². The summed E-state index contributed by atoms with van der Waals surface area (Å²) in [4.78, 5) is 0. The first-order chi connectivity index (χ1) is 5.43. The van der Waals surface area contributed by atoms with Crippen LogP contribution in [0.15, 0.2) is 12.2 Å². The van der Waals surface area contributed by atoms with Crippen molar-refractivity contribution in [2.75, 3.05) is 0 Å². The number of hydrogen-bond donors (Lipinski definition) is 0. The molecule has 0 bridgehead atoms. The van der Waals surface area contributed by atoms with E-state index >= 15 is 0 Å². The van der Waals surface area contributed by atoms with E-state index < -0.39 is 0 Å². The Balaban J connectivity index is 2.28. The highest BCUT2D eigenvalue weighted by Gasteiger charge is 2.05. The van der Waals surface area contributed by atoms with Crippen molar-refractivity contribution in [1.29, 1.82) is 0 Å². The molecule has 64 valence electrons. The SMILES string of the molecule is CCC1CCC=CCCCC1. The summed E-state index contributed by atoms with van der Waals surface area (Å²) in [6.45, 7) is 2.33. The molecule has 0 aromatic heterocycles. The molecule has 0 heteroatoms. The third-order valence-corrected chi connectivity index (χ3v) is 2.72. The zero-order valence-corrected chi connectivity index (χ0v) is 7.68. The van der Waals surface area contributed by atoms with Gasteiger partial charge >= 0.3 is 0 Å². The van der Waals surface area contributed by atoms with E-state index in [1.54, 1.807) is 0 Å². The standard InChI is InChI=1S/C11H20/c1-2-11-9-7-5-3-4-6-8-10-11/h3,5,11H,2,4,6-10H2,1H3. The summed E-state index contributed by atoms with van der Waals surface area (Å²) in [5, 5.41) is 0. The minimum absolute atomic E-state index is 1.01. The van der Waals surface area contributed by atoms with Gasteiger partial charge in [-0.15, -0.1) is 0 Å². The van der Waals surface area contributed by atoms with Crippen LogP contribution in [0, 0.1) is 5.92 Å². The molecule has 1 unspecified atom stereocenters. The van der Waals surface area contributed by atoms with Crippen LogP contribution in [-0.2, 0) is 0 Å². The zero-order valence-electron chi connectivity index (χ0n) is 7.68. The van der Waals surface area contributed by atoms with Crippen LogP contribution in [0.25, 0.3) is 0 Å². The number of allylic oxidation sites excluding steroid dienone is 2. The molecule has 0 saturated carbocycles. The van der Waals surface area contributed by atoms with Gasteiger partial charge in [-0.25, -0.2) is 0 Å². The molecule has 0 aliphatic heterocycles. The van der Waals surface area contributed by atoms with Gasteiger partial charge in [0.15, 0.2) is 0 Å². The van der Waals surface area contributed by atoms with Crippen molar-refractivity contribution in [3.05, 3.63) is 12.2 Å². The van der Waals surface area contributed by atoms with Crippen LogP contribution < -0.4 is 0 Å². The average Bonchev–Trinajstić information content (AvgIpc) is 2.16. The zero-order chi connectivity index (χ0) is 7.94. The van der Waals surface area contributed by atoms with Crippen LogP contribution in [0.3, 0.4) is 0 Å². The smallest absolute Gasteiger partial charge is 0.0348 e. The van der Waals surface area contributed by atoms with Gasteiger partial charge in [-0.2, -0.15) is 0 Å². The maximum absolute atomic E-state index is 2.37. The molecule has 1 aliphatic carbocycles. The van der Waals surface area contributed by atoms with E-state index in [4.69, 9.17) is 0 Å². The highest BCUT2D eigenvalue weighted by atomic mass is 14.1. The van der Waals surface area contributed by atoms with E-state index in [0.29, 0.717) is 0 Å². The summed E-state index contributed by atoms with van der Waals surface area (Å²) in [7, 11) is 0. The predicted octanol–water partition coefficient (Wildman–Crippen LogP) is 3.92. The van der Waals surface area contributed by atoms with Crippen LogP contribution in [0.5, 0.6) is 0 Å². The van der Waals surface area contributed by atoms with Gasteiger partial charge < -0.3 is 0 Å². The van der Waals surface area contributed by atoms with Crippen molar-refractivity contribution in [3.8, 4) is 0 Å². The van der Waals surface area contributed by atoms with Gasteiger partial charge in [0.25, 0.3) is 0 Å². The maximum atomic E-state index is 2.37. The third-order valence-electron chi connectivity index (χ3n) is 2.72. The molecular formula is C11H20. The molecule has 0 N–H and O–H groups in total. The first-order valence-electron chi connectivity index (χ1n) is 5.08. The summed E-state index contributed by atoms with van der Waals surface area (Å²) < 4.78 is 0.